The molecule has 2 unspecified atom stereocenters. The summed E-state index contributed by atoms with van der Waals surface area (Å²) in [7, 11) is 2.73. The Morgan fingerprint density at radius 2 is 2.11 bits per heavy atom. The molecule has 0 amide bonds. The van der Waals surface area contributed by atoms with Gasteiger partial charge in [0.25, 0.3) is 0 Å². The summed E-state index contributed by atoms with van der Waals surface area (Å²) in [5, 5.41) is 0. The van der Waals surface area contributed by atoms with Crippen molar-refractivity contribution in [2.45, 2.75) is 12.8 Å². The molecule has 0 aromatic rings. The lowest BCUT2D eigenvalue weighted by Gasteiger charge is -2.26. The molecule has 1 spiro atoms. The van der Waals surface area contributed by atoms with Crippen LogP contribution in [0.2, 0.25) is 0 Å². The monoisotopic (exact) mass is 261 g/mol. The maximum absolute atomic E-state index is 5.86. The molecule has 2 heterocycles. The Labute approximate surface area is 112 Å². The predicted octanol–water partition coefficient (Wildman–Crippen LogP) is 3.58. The highest BCUT2D eigenvalue weighted by molar-refractivity contribution is 7.13. The Morgan fingerprint density at radius 1 is 1.33 bits per heavy atom. The third kappa shape index (κ3) is 2.44. The minimum absolute atomic E-state index is 0.0881. The topological polar surface area (TPSA) is 12.5 Å². The van der Waals surface area contributed by atoms with Crippen molar-refractivity contribution in [1.82, 2.24) is 4.67 Å². The quantitative estimate of drug-likeness (QED) is 0.704. The van der Waals surface area contributed by atoms with Crippen LogP contribution in [0.4, 0.5) is 0 Å². The summed E-state index contributed by atoms with van der Waals surface area (Å²) in [5.41, 5.74) is 1.34. The highest BCUT2D eigenvalue weighted by Crippen LogP contribution is 2.47. The fraction of sp³-hybridized carbons (Fsp3) is 0.333. The Morgan fingerprint density at radius 3 is 2.83 bits per heavy atom. The van der Waals surface area contributed by atoms with Crippen molar-refractivity contribution in [2.75, 3.05) is 13.2 Å². The van der Waals surface area contributed by atoms with Gasteiger partial charge in [0.05, 0.1) is 6.61 Å². The van der Waals surface area contributed by atoms with Gasteiger partial charge in [0, 0.05) is 17.5 Å². The van der Waals surface area contributed by atoms with Crippen molar-refractivity contribution in [3.05, 3.63) is 61.1 Å². The fourth-order valence-electron chi connectivity index (χ4n) is 2.56. The molecule has 0 aromatic heterocycles. The lowest BCUT2D eigenvalue weighted by Crippen LogP contribution is -2.24. The van der Waals surface area contributed by atoms with E-state index < -0.39 is 0 Å². The van der Waals surface area contributed by atoms with Crippen molar-refractivity contribution in [2.24, 2.45) is 5.41 Å². The fourth-order valence-corrected chi connectivity index (χ4v) is 2.81. The summed E-state index contributed by atoms with van der Waals surface area (Å²) in [6.45, 7) is 9.32. The minimum Gasteiger partial charge on any atom is -0.492 e. The van der Waals surface area contributed by atoms with Crippen molar-refractivity contribution in [3.8, 4) is 0 Å². The molecule has 0 radical (unpaired) electrons. The highest BCUT2D eigenvalue weighted by atomic mass is 31.0. The van der Waals surface area contributed by atoms with Gasteiger partial charge in [-0.25, -0.2) is 0 Å². The standard InChI is InChI=1S/C15H20NOP/c1-3-6-13-14(7-4-2)17-12-15(13)8-5-10-16(18)11-9-15/h3-7,10H,1-2,8-9,11-12,18H2/b13-6+,14-7+. The lowest BCUT2D eigenvalue weighted by molar-refractivity contribution is 0.180. The molecule has 2 nitrogen and oxygen atoms in total. The molecule has 3 heteroatoms. The van der Waals surface area contributed by atoms with Gasteiger partial charge in [0.1, 0.15) is 5.76 Å². The van der Waals surface area contributed by atoms with E-state index in [9.17, 15) is 0 Å². The maximum Gasteiger partial charge on any atom is 0.123 e. The molecule has 0 N–H and O–H groups in total. The smallest absolute Gasteiger partial charge is 0.123 e. The van der Waals surface area contributed by atoms with Crippen LogP contribution < -0.4 is 0 Å². The van der Waals surface area contributed by atoms with Crippen LogP contribution in [0.15, 0.2) is 61.1 Å². The number of nitrogens with zero attached hydrogens (tertiary/aromatic N) is 1. The zero-order chi connectivity index (χ0) is 13.0. The van der Waals surface area contributed by atoms with Crippen molar-refractivity contribution in [3.63, 3.8) is 0 Å². The molecule has 2 atom stereocenters. The molecule has 18 heavy (non-hydrogen) atoms. The van der Waals surface area contributed by atoms with E-state index >= 15 is 0 Å². The Bertz CT molecular complexity index is 436. The van der Waals surface area contributed by atoms with E-state index in [4.69, 9.17) is 4.74 Å². The number of rotatable bonds is 2. The Kier molecular flexibility index (Phi) is 4.08. The van der Waals surface area contributed by atoms with Crippen LogP contribution in [0.5, 0.6) is 0 Å². The first-order valence-corrected chi connectivity index (χ1v) is 6.70. The second-order valence-electron chi connectivity index (χ2n) is 4.73. The van der Waals surface area contributed by atoms with Crippen LogP contribution in [-0.2, 0) is 4.74 Å². The second-order valence-corrected chi connectivity index (χ2v) is 5.39. The minimum atomic E-state index is 0.0881. The first kappa shape index (κ1) is 13.2. The van der Waals surface area contributed by atoms with E-state index in [0.29, 0.717) is 0 Å². The van der Waals surface area contributed by atoms with Crippen LogP contribution in [0.25, 0.3) is 0 Å². The van der Waals surface area contributed by atoms with E-state index in [2.05, 4.69) is 45.6 Å². The average Bonchev–Trinajstić information content (AvgIpc) is 2.56. The molecule has 2 rings (SSSR count). The number of ether oxygens (including phenoxy) is 1. The Balaban J connectivity index is 2.35. The highest BCUT2D eigenvalue weighted by Gasteiger charge is 2.42. The van der Waals surface area contributed by atoms with Crippen molar-refractivity contribution >= 4 is 9.39 Å². The van der Waals surface area contributed by atoms with Gasteiger partial charge in [-0.3, -0.25) is 0 Å². The summed E-state index contributed by atoms with van der Waals surface area (Å²) in [5.74, 6) is 0.940. The number of hydrogen-bond acceptors (Lipinski definition) is 2. The van der Waals surface area contributed by atoms with Crippen molar-refractivity contribution in [1.29, 1.82) is 0 Å². The third-order valence-electron chi connectivity index (χ3n) is 3.55. The number of hydrogen-bond donors (Lipinski definition) is 0. The normalized spacial score (nSPS) is 31.7. The number of allylic oxidation sites excluding steroid dienone is 6. The SMILES string of the molecule is C=C/C=C1\C(=C/C=C)OCC12CC=CN(P)CC2. The van der Waals surface area contributed by atoms with Gasteiger partial charge in [0.2, 0.25) is 0 Å². The molecular weight excluding hydrogens is 241 g/mol. The van der Waals surface area contributed by atoms with Gasteiger partial charge >= 0.3 is 0 Å². The summed E-state index contributed by atoms with van der Waals surface area (Å²) in [4.78, 5) is 0. The first-order valence-electron chi connectivity index (χ1n) is 6.19. The van der Waals surface area contributed by atoms with E-state index in [1.807, 2.05) is 12.2 Å². The predicted molar refractivity (Wildman–Crippen MR) is 79.7 cm³/mol. The van der Waals surface area contributed by atoms with E-state index in [-0.39, 0.29) is 5.41 Å². The molecule has 0 aromatic carbocycles. The zero-order valence-corrected chi connectivity index (χ0v) is 11.8. The van der Waals surface area contributed by atoms with Gasteiger partial charge in [0.15, 0.2) is 0 Å². The molecular formula is C15H20NOP. The van der Waals surface area contributed by atoms with E-state index in [1.165, 1.54) is 5.57 Å². The molecule has 1 saturated heterocycles. The van der Waals surface area contributed by atoms with Crippen LogP contribution in [-0.4, -0.2) is 17.8 Å². The molecule has 0 aliphatic carbocycles. The summed E-state index contributed by atoms with van der Waals surface area (Å²) < 4.78 is 8.01. The molecule has 0 saturated carbocycles. The third-order valence-corrected chi connectivity index (χ3v) is 3.98. The second kappa shape index (κ2) is 5.58. The first-order chi connectivity index (χ1) is 8.72. The largest absolute Gasteiger partial charge is 0.492 e. The molecule has 2 aliphatic heterocycles. The van der Waals surface area contributed by atoms with Gasteiger partial charge in [-0.1, -0.05) is 37.5 Å². The maximum atomic E-state index is 5.86. The molecule has 96 valence electrons. The lowest BCUT2D eigenvalue weighted by atomic mass is 9.76. The van der Waals surface area contributed by atoms with Crippen LogP contribution in [0.1, 0.15) is 12.8 Å². The summed E-state index contributed by atoms with van der Waals surface area (Å²) in [6.07, 6.45) is 14.1. The van der Waals surface area contributed by atoms with Crippen LogP contribution in [0, 0.1) is 5.41 Å². The molecule has 1 fully saturated rings. The average molecular weight is 261 g/mol. The van der Waals surface area contributed by atoms with E-state index in [0.717, 1.165) is 31.8 Å². The molecule has 2 aliphatic rings. The van der Waals surface area contributed by atoms with Crippen LogP contribution >= 0.6 is 9.39 Å². The van der Waals surface area contributed by atoms with Gasteiger partial charge in [-0.2, -0.15) is 0 Å². The van der Waals surface area contributed by atoms with E-state index in [1.54, 1.807) is 6.08 Å². The van der Waals surface area contributed by atoms with Gasteiger partial charge in [-0.15, -0.1) is 0 Å². The van der Waals surface area contributed by atoms with Crippen LogP contribution in [0.3, 0.4) is 0 Å². The Hall–Kier alpha value is -1.27. The summed E-state index contributed by atoms with van der Waals surface area (Å²) >= 11 is 0. The summed E-state index contributed by atoms with van der Waals surface area (Å²) in [6, 6.07) is 0. The van der Waals surface area contributed by atoms with Gasteiger partial charge < -0.3 is 9.41 Å². The van der Waals surface area contributed by atoms with Crippen molar-refractivity contribution < 1.29 is 4.74 Å². The van der Waals surface area contributed by atoms with Gasteiger partial charge in [-0.05, 0) is 34.5 Å². The zero-order valence-electron chi connectivity index (χ0n) is 10.6. The molecule has 0 bridgehead atoms.